The number of pyridine rings is 1. The van der Waals surface area contributed by atoms with Crippen molar-refractivity contribution < 1.29 is 15.1 Å². The summed E-state index contributed by atoms with van der Waals surface area (Å²) in [7, 11) is 0. The van der Waals surface area contributed by atoms with Gasteiger partial charge in [-0.25, -0.2) is 0 Å². The van der Waals surface area contributed by atoms with Crippen molar-refractivity contribution in [1.82, 2.24) is 9.55 Å². The van der Waals surface area contributed by atoms with Gasteiger partial charge < -0.3 is 14.9 Å². The van der Waals surface area contributed by atoms with Gasteiger partial charge in [0.1, 0.15) is 0 Å². The number of fused-ring (bicyclic) bond motifs is 1. The van der Waals surface area contributed by atoms with Crippen LogP contribution in [0.15, 0.2) is 70.6 Å². The van der Waals surface area contributed by atoms with Crippen molar-refractivity contribution in [3.8, 4) is 5.88 Å². The van der Waals surface area contributed by atoms with E-state index in [1.165, 1.54) is 18.3 Å². The first-order valence-electron chi connectivity index (χ1n) is 7.66. The standard InChI is InChI=1S/C18H15N5O3/c1-2-9-23-15-6-4-3-5-14(15)16(18(23)25)21-22-17(24)12-7-8-13(11-20-26)19-10-12/h2-8,10-11,25-26H,1,9H2/b20-11+,22-21?. The maximum Gasteiger partial charge on any atom is 0.296 e. The van der Waals surface area contributed by atoms with E-state index in [0.29, 0.717) is 17.6 Å². The predicted molar refractivity (Wildman–Crippen MR) is 96.3 cm³/mol. The molecule has 26 heavy (non-hydrogen) atoms. The Kier molecular flexibility index (Phi) is 4.84. The number of nitrogens with zero attached hydrogens (tertiary/aromatic N) is 5. The van der Waals surface area contributed by atoms with Gasteiger partial charge in [0.25, 0.3) is 5.91 Å². The summed E-state index contributed by atoms with van der Waals surface area (Å²) in [5.74, 6) is -0.694. The molecule has 0 aliphatic heterocycles. The van der Waals surface area contributed by atoms with Crippen LogP contribution < -0.4 is 0 Å². The lowest BCUT2D eigenvalue weighted by Gasteiger charge is -2.01. The second-order valence-electron chi connectivity index (χ2n) is 5.31. The number of aromatic hydroxyl groups is 1. The van der Waals surface area contributed by atoms with Crippen molar-refractivity contribution in [3.05, 3.63) is 66.5 Å². The number of aromatic nitrogens is 2. The van der Waals surface area contributed by atoms with Crippen molar-refractivity contribution in [3.63, 3.8) is 0 Å². The van der Waals surface area contributed by atoms with Crippen LogP contribution in [0.5, 0.6) is 5.88 Å². The number of rotatable bonds is 5. The minimum atomic E-state index is -0.607. The van der Waals surface area contributed by atoms with Crippen LogP contribution in [-0.2, 0) is 6.54 Å². The summed E-state index contributed by atoms with van der Waals surface area (Å²) in [5, 5.41) is 30.1. The zero-order valence-electron chi connectivity index (χ0n) is 13.6. The number of hydrogen-bond donors (Lipinski definition) is 2. The van der Waals surface area contributed by atoms with Gasteiger partial charge in [0.15, 0.2) is 5.69 Å². The Morgan fingerprint density at radius 2 is 2.08 bits per heavy atom. The third-order valence-corrected chi connectivity index (χ3v) is 3.69. The molecule has 0 bridgehead atoms. The van der Waals surface area contributed by atoms with Gasteiger partial charge >= 0.3 is 0 Å². The van der Waals surface area contributed by atoms with Crippen LogP contribution in [0.25, 0.3) is 10.9 Å². The van der Waals surface area contributed by atoms with E-state index in [1.54, 1.807) is 16.7 Å². The predicted octanol–water partition coefficient (Wildman–Crippen LogP) is 3.66. The van der Waals surface area contributed by atoms with Crippen LogP contribution in [0, 0.1) is 0 Å². The third kappa shape index (κ3) is 3.20. The van der Waals surface area contributed by atoms with Crippen LogP contribution in [-0.4, -0.2) is 32.0 Å². The van der Waals surface area contributed by atoms with Crippen LogP contribution in [0.1, 0.15) is 16.1 Å². The Hall–Kier alpha value is -3.81. The molecule has 8 nitrogen and oxygen atoms in total. The Morgan fingerprint density at radius 1 is 1.27 bits per heavy atom. The molecule has 2 heterocycles. The maximum absolute atomic E-state index is 12.2. The van der Waals surface area contributed by atoms with Crippen molar-refractivity contribution >= 4 is 28.7 Å². The Morgan fingerprint density at radius 3 is 2.77 bits per heavy atom. The molecular formula is C18H15N5O3. The smallest absolute Gasteiger partial charge is 0.296 e. The molecule has 3 rings (SSSR count). The lowest BCUT2D eigenvalue weighted by atomic mass is 10.2. The third-order valence-electron chi connectivity index (χ3n) is 3.69. The first-order chi connectivity index (χ1) is 12.7. The van der Waals surface area contributed by atoms with Gasteiger partial charge in [-0.15, -0.1) is 16.8 Å². The summed E-state index contributed by atoms with van der Waals surface area (Å²) in [6, 6.07) is 10.3. The lowest BCUT2D eigenvalue weighted by molar-refractivity contribution is 0.0994. The van der Waals surface area contributed by atoms with E-state index < -0.39 is 5.91 Å². The molecule has 2 N–H and O–H groups in total. The Balaban J connectivity index is 1.94. The van der Waals surface area contributed by atoms with Crippen molar-refractivity contribution in [2.45, 2.75) is 6.54 Å². The molecule has 0 fully saturated rings. The van der Waals surface area contributed by atoms with Gasteiger partial charge in [0.05, 0.1) is 23.0 Å². The van der Waals surface area contributed by atoms with Gasteiger partial charge in [-0.2, -0.15) is 0 Å². The van der Waals surface area contributed by atoms with Crippen LogP contribution in [0.4, 0.5) is 5.69 Å². The molecule has 8 heteroatoms. The maximum atomic E-state index is 12.2. The number of para-hydroxylation sites is 1. The summed E-state index contributed by atoms with van der Waals surface area (Å²) >= 11 is 0. The van der Waals surface area contributed by atoms with Crippen LogP contribution >= 0.6 is 0 Å². The van der Waals surface area contributed by atoms with Crippen LogP contribution in [0.3, 0.4) is 0 Å². The quantitative estimate of drug-likeness (QED) is 0.241. The van der Waals surface area contributed by atoms with Gasteiger partial charge in [-0.1, -0.05) is 29.4 Å². The number of azo groups is 1. The Bertz CT molecular complexity index is 1020. The lowest BCUT2D eigenvalue weighted by Crippen LogP contribution is -1.96. The average Bonchev–Trinajstić information content (AvgIpc) is 2.93. The largest absolute Gasteiger partial charge is 0.493 e. The SMILES string of the molecule is C=CCn1c(O)c(N=NC(=O)c2ccc(/C=N/O)nc2)c2ccccc21. The van der Waals surface area contributed by atoms with E-state index in [1.807, 2.05) is 18.2 Å². The molecule has 0 saturated heterocycles. The number of carbonyl (C=O) groups excluding carboxylic acids is 1. The monoisotopic (exact) mass is 349 g/mol. The molecular weight excluding hydrogens is 334 g/mol. The first kappa shape index (κ1) is 17.0. The van der Waals surface area contributed by atoms with E-state index in [4.69, 9.17) is 5.21 Å². The summed E-state index contributed by atoms with van der Waals surface area (Å²) in [6.07, 6.45) is 4.10. The molecule has 1 aromatic carbocycles. The van der Waals surface area contributed by atoms with E-state index in [2.05, 4.69) is 26.9 Å². The van der Waals surface area contributed by atoms with Crippen molar-refractivity contribution in [2.24, 2.45) is 15.4 Å². The highest BCUT2D eigenvalue weighted by atomic mass is 16.4. The minimum Gasteiger partial charge on any atom is -0.493 e. The molecule has 0 aliphatic rings. The topological polar surface area (TPSA) is 112 Å². The van der Waals surface area contributed by atoms with Gasteiger partial charge in [0, 0.05) is 18.1 Å². The van der Waals surface area contributed by atoms with Crippen LogP contribution in [0.2, 0.25) is 0 Å². The number of amides is 1. The molecule has 0 unspecified atom stereocenters. The highest BCUT2D eigenvalue weighted by Crippen LogP contribution is 2.38. The molecule has 0 saturated carbocycles. The zero-order valence-corrected chi connectivity index (χ0v) is 13.6. The van der Waals surface area contributed by atoms with E-state index in [0.717, 1.165) is 11.7 Å². The van der Waals surface area contributed by atoms with Crippen molar-refractivity contribution in [1.29, 1.82) is 0 Å². The molecule has 0 aliphatic carbocycles. The number of hydrogen-bond acceptors (Lipinski definition) is 6. The van der Waals surface area contributed by atoms with E-state index >= 15 is 0 Å². The van der Waals surface area contributed by atoms with Gasteiger partial charge in [0.2, 0.25) is 5.88 Å². The molecule has 2 aromatic heterocycles. The van der Waals surface area contributed by atoms with Gasteiger partial charge in [-0.3, -0.25) is 9.78 Å². The summed E-state index contributed by atoms with van der Waals surface area (Å²) in [6.45, 7) is 4.07. The van der Waals surface area contributed by atoms with Gasteiger partial charge in [-0.05, 0) is 18.2 Å². The second-order valence-corrected chi connectivity index (χ2v) is 5.31. The first-order valence-corrected chi connectivity index (χ1v) is 7.66. The Labute approximate surface area is 148 Å². The van der Waals surface area contributed by atoms with Crippen molar-refractivity contribution in [2.75, 3.05) is 0 Å². The fourth-order valence-electron chi connectivity index (χ4n) is 2.50. The normalized spacial score (nSPS) is 11.5. The number of oxime groups is 1. The second kappa shape index (κ2) is 7.39. The number of allylic oxidation sites excluding steroid dienone is 1. The minimum absolute atomic E-state index is 0.0877. The van der Waals surface area contributed by atoms with E-state index in [9.17, 15) is 9.90 Å². The molecule has 0 spiro atoms. The molecule has 1 amide bonds. The zero-order chi connectivity index (χ0) is 18.5. The average molecular weight is 349 g/mol. The molecule has 3 aromatic rings. The summed E-state index contributed by atoms with van der Waals surface area (Å²) < 4.78 is 1.63. The molecule has 0 radical (unpaired) electrons. The number of benzene rings is 1. The summed E-state index contributed by atoms with van der Waals surface area (Å²) in [5.41, 5.74) is 1.60. The number of carbonyl (C=O) groups is 1. The molecule has 0 atom stereocenters. The molecule has 130 valence electrons. The highest BCUT2D eigenvalue weighted by molar-refractivity contribution is 5.97. The fraction of sp³-hybridized carbons (Fsp3) is 0.0556. The fourth-order valence-corrected chi connectivity index (χ4v) is 2.50. The summed E-state index contributed by atoms with van der Waals surface area (Å²) in [4.78, 5) is 16.1. The highest BCUT2D eigenvalue weighted by Gasteiger charge is 2.16. The van der Waals surface area contributed by atoms with E-state index in [-0.39, 0.29) is 17.1 Å².